The van der Waals surface area contributed by atoms with Crippen molar-refractivity contribution in [1.82, 2.24) is 4.57 Å². The number of aromatic nitrogens is 1. The molecule has 1 aliphatic carbocycles. The predicted molar refractivity (Wildman–Crippen MR) is 208 cm³/mol. The zero-order valence-electron chi connectivity index (χ0n) is 27.2. The molecule has 9 rings (SSSR count). The Labute approximate surface area is 287 Å². The lowest BCUT2D eigenvalue weighted by Gasteiger charge is -2.20. The summed E-state index contributed by atoms with van der Waals surface area (Å²) in [7, 11) is 0. The molecule has 1 atom stereocenters. The van der Waals surface area contributed by atoms with Gasteiger partial charge in [0.2, 0.25) is 0 Å². The number of allylic oxidation sites excluding steroid dienone is 4. The van der Waals surface area contributed by atoms with Gasteiger partial charge in [0.05, 0.1) is 5.69 Å². The predicted octanol–water partition coefficient (Wildman–Crippen LogP) is 13.1. The first-order valence-corrected chi connectivity index (χ1v) is 17.1. The average Bonchev–Trinajstić information content (AvgIpc) is 3.64. The molecule has 0 saturated heterocycles. The molecule has 49 heavy (non-hydrogen) atoms. The van der Waals surface area contributed by atoms with Gasteiger partial charge in [-0.15, -0.1) is 0 Å². The van der Waals surface area contributed by atoms with Crippen LogP contribution in [-0.4, -0.2) is 4.57 Å². The number of hydrogen-bond acceptors (Lipinski definition) is 0. The largest absolute Gasteiger partial charge is 0.313 e. The fourth-order valence-electron chi connectivity index (χ4n) is 7.66. The van der Waals surface area contributed by atoms with Gasteiger partial charge in [-0.1, -0.05) is 164 Å². The number of nitrogens with zero attached hydrogens (tertiary/aromatic N) is 1. The van der Waals surface area contributed by atoms with Gasteiger partial charge in [0.25, 0.3) is 0 Å². The molecule has 0 spiro atoms. The first-order valence-electron chi connectivity index (χ1n) is 17.1. The second-order valence-corrected chi connectivity index (χ2v) is 12.8. The lowest BCUT2D eigenvalue weighted by atomic mass is 9.85. The van der Waals surface area contributed by atoms with Gasteiger partial charge in [0, 0.05) is 17.3 Å². The minimum absolute atomic E-state index is 0.340. The van der Waals surface area contributed by atoms with Crippen molar-refractivity contribution >= 4 is 21.5 Å². The fraction of sp³-hybridized carbons (Fsp3) is 0.0417. The highest BCUT2D eigenvalue weighted by Gasteiger charge is 2.20. The van der Waals surface area contributed by atoms with Crippen LogP contribution in [0.5, 0.6) is 0 Å². The van der Waals surface area contributed by atoms with E-state index in [9.17, 15) is 0 Å². The van der Waals surface area contributed by atoms with E-state index in [-0.39, 0.29) is 0 Å². The number of hydrogen-bond donors (Lipinski definition) is 0. The molecule has 7 aromatic carbocycles. The molecule has 232 valence electrons. The van der Waals surface area contributed by atoms with Crippen LogP contribution in [0.2, 0.25) is 0 Å². The van der Waals surface area contributed by atoms with E-state index in [1.807, 2.05) is 0 Å². The van der Waals surface area contributed by atoms with Crippen molar-refractivity contribution in [3.63, 3.8) is 0 Å². The summed E-state index contributed by atoms with van der Waals surface area (Å²) in [5, 5.41) is 5.08. The maximum absolute atomic E-state index is 2.44. The van der Waals surface area contributed by atoms with E-state index >= 15 is 0 Å². The normalized spacial score (nSPS) is 14.1. The Morgan fingerprint density at radius 1 is 0.408 bits per heavy atom. The molecule has 1 heterocycles. The second-order valence-electron chi connectivity index (χ2n) is 12.8. The molecule has 1 nitrogen and oxygen atoms in total. The Hall–Kier alpha value is -6.18. The summed E-state index contributed by atoms with van der Waals surface area (Å²) in [6, 6.07) is 62.0. The van der Waals surface area contributed by atoms with Crippen LogP contribution in [0, 0.1) is 0 Å². The SMILES string of the molecule is C1=CCC(c2ccc(-c3ccccc3)n2-c2ccc(-c3ccc4c(-c5ccccc5)c5ccccc5c(-c5ccccc5)c4c3)cc2)C=C1. The van der Waals surface area contributed by atoms with Gasteiger partial charge in [-0.05, 0) is 97.2 Å². The summed E-state index contributed by atoms with van der Waals surface area (Å²) < 4.78 is 2.44. The molecule has 0 aliphatic heterocycles. The molecule has 1 unspecified atom stereocenters. The Morgan fingerprint density at radius 3 is 1.57 bits per heavy atom. The van der Waals surface area contributed by atoms with Crippen LogP contribution >= 0.6 is 0 Å². The Balaban J connectivity index is 1.21. The molecular formula is C48H35N. The number of benzene rings is 7. The van der Waals surface area contributed by atoms with Crippen molar-refractivity contribution in [2.75, 3.05) is 0 Å². The molecule has 8 aromatic rings. The summed E-state index contributed by atoms with van der Waals surface area (Å²) in [6.07, 6.45) is 9.92. The lowest BCUT2D eigenvalue weighted by molar-refractivity contribution is 0.786. The lowest BCUT2D eigenvalue weighted by Crippen LogP contribution is -2.07. The van der Waals surface area contributed by atoms with Gasteiger partial charge in [-0.3, -0.25) is 0 Å². The molecule has 0 radical (unpaired) electrons. The Bertz CT molecular complexity index is 2480. The van der Waals surface area contributed by atoms with E-state index in [2.05, 4.69) is 199 Å². The first-order chi connectivity index (χ1) is 24.3. The number of rotatable bonds is 6. The highest BCUT2D eigenvalue weighted by molar-refractivity contribution is 6.21. The standard InChI is InChI=1S/C48H35N/c1-5-15-35(16-6-1)45-31-32-46(36-17-7-2-8-18-36)49(45)40-28-25-34(26-29-40)39-27-30-43-44(33-39)48(38-21-11-4-12-22-38)42-24-14-13-23-41(42)47(43)37-19-9-3-10-20-37/h1-17,19-33,36H,18H2. The summed E-state index contributed by atoms with van der Waals surface area (Å²) in [4.78, 5) is 0. The van der Waals surface area contributed by atoms with Gasteiger partial charge in [0.15, 0.2) is 0 Å². The second kappa shape index (κ2) is 12.4. The first kappa shape index (κ1) is 29.0. The van der Waals surface area contributed by atoms with Crippen molar-refractivity contribution < 1.29 is 0 Å². The van der Waals surface area contributed by atoms with Crippen LogP contribution in [0.4, 0.5) is 0 Å². The molecule has 0 bridgehead atoms. The van der Waals surface area contributed by atoms with Crippen molar-refractivity contribution in [1.29, 1.82) is 0 Å². The molecule has 0 saturated carbocycles. The molecule has 1 aliphatic rings. The zero-order chi connectivity index (χ0) is 32.6. The van der Waals surface area contributed by atoms with Crippen LogP contribution in [-0.2, 0) is 0 Å². The van der Waals surface area contributed by atoms with Crippen LogP contribution in [0.25, 0.3) is 71.9 Å². The Kier molecular flexibility index (Phi) is 7.37. The van der Waals surface area contributed by atoms with E-state index < -0.39 is 0 Å². The van der Waals surface area contributed by atoms with E-state index in [0.29, 0.717) is 5.92 Å². The summed E-state index contributed by atoms with van der Waals surface area (Å²) in [5.74, 6) is 0.340. The topological polar surface area (TPSA) is 4.93 Å². The maximum Gasteiger partial charge on any atom is 0.0531 e. The highest BCUT2D eigenvalue weighted by Crippen LogP contribution is 2.45. The minimum Gasteiger partial charge on any atom is -0.313 e. The van der Waals surface area contributed by atoms with Gasteiger partial charge in [0.1, 0.15) is 0 Å². The monoisotopic (exact) mass is 625 g/mol. The summed E-state index contributed by atoms with van der Waals surface area (Å²) in [6.45, 7) is 0. The third-order valence-corrected chi connectivity index (χ3v) is 9.95. The smallest absolute Gasteiger partial charge is 0.0531 e. The van der Waals surface area contributed by atoms with Crippen LogP contribution in [0.1, 0.15) is 18.0 Å². The van der Waals surface area contributed by atoms with Crippen LogP contribution < -0.4 is 0 Å². The molecule has 1 heteroatoms. The van der Waals surface area contributed by atoms with Crippen molar-refractivity contribution in [2.24, 2.45) is 0 Å². The average molecular weight is 626 g/mol. The van der Waals surface area contributed by atoms with Crippen LogP contribution in [0.15, 0.2) is 194 Å². The molecule has 0 amide bonds. The molecular weight excluding hydrogens is 591 g/mol. The molecule has 0 fully saturated rings. The quantitative estimate of drug-likeness (QED) is 0.162. The van der Waals surface area contributed by atoms with Gasteiger partial charge < -0.3 is 4.57 Å². The van der Waals surface area contributed by atoms with E-state index in [0.717, 1.165) is 6.42 Å². The third kappa shape index (κ3) is 5.21. The van der Waals surface area contributed by atoms with Gasteiger partial charge in [-0.2, -0.15) is 0 Å². The van der Waals surface area contributed by atoms with Crippen molar-refractivity contribution in [2.45, 2.75) is 12.3 Å². The van der Waals surface area contributed by atoms with E-state index in [4.69, 9.17) is 0 Å². The van der Waals surface area contributed by atoms with E-state index in [1.54, 1.807) is 0 Å². The Morgan fingerprint density at radius 2 is 0.959 bits per heavy atom. The van der Waals surface area contributed by atoms with Crippen LogP contribution in [0.3, 0.4) is 0 Å². The fourth-order valence-corrected chi connectivity index (χ4v) is 7.66. The van der Waals surface area contributed by atoms with Crippen molar-refractivity contribution in [3.8, 4) is 50.3 Å². The summed E-state index contributed by atoms with van der Waals surface area (Å²) in [5.41, 5.74) is 12.4. The molecule has 1 aromatic heterocycles. The summed E-state index contributed by atoms with van der Waals surface area (Å²) >= 11 is 0. The van der Waals surface area contributed by atoms with Gasteiger partial charge >= 0.3 is 0 Å². The maximum atomic E-state index is 2.44. The third-order valence-electron chi connectivity index (χ3n) is 9.95. The molecule has 0 N–H and O–H groups in total. The van der Waals surface area contributed by atoms with Gasteiger partial charge in [-0.25, -0.2) is 0 Å². The van der Waals surface area contributed by atoms with Crippen molar-refractivity contribution in [3.05, 3.63) is 200 Å². The number of fused-ring (bicyclic) bond motifs is 2. The highest BCUT2D eigenvalue weighted by atomic mass is 15.0. The van der Waals surface area contributed by atoms with E-state index in [1.165, 1.54) is 77.6 Å². The zero-order valence-corrected chi connectivity index (χ0v) is 27.2. The minimum atomic E-state index is 0.340.